The fourth-order valence-corrected chi connectivity index (χ4v) is 3.53. The second kappa shape index (κ2) is 6.79. The van der Waals surface area contributed by atoms with Crippen molar-refractivity contribution in [2.75, 3.05) is 39.8 Å². The van der Waals surface area contributed by atoms with Gasteiger partial charge in [0.2, 0.25) is 5.91 Å². The zero-order chi connectivity index (χ0) is 15.5. The van der Waals surface area contributed by atoms with Gasteiger partial charge in [-0.05, 0) is 32.9 Å². The van der Waals surface area contributed by atoms with Gasteiger partial charge in [0.25, 0.3) is 0 Å². The fraction of sp³-hybridized carbons (Fsp3) is 0.750. The van der Waals surface area contributed by atoms with Crippen LogP contribution in [0.5, 0.6) is 0 Å². The average molecular weight is 305 g/mol. The highest BCUT2D eigenvalue weighted by atomic mass is 16.2. The van der Waals surface area contributed by atoms with Crippen LogP contribution in [0.25, 0.3) is 0 Å². The molecule has 0 aliphatic carbocycles. The molecule has 0 spiro atoms. The number of aromatic nitrogens is 2. The van der Waals surface area contributed by atoms with Gasteiger partial charge in [0.15, 0.2) is 0 Å². The number of nitrogens with zero attached hydrogens (tertiary/aromatic N) is 5. The van der Waals surface area contributed by atoms with E-state index >= 15 is 0 Å². The van der Waals surface area contributed by atoms with E-state index in [0.717, 1.165) is 64.4 Å². The summed E-state index contributed by atoms with van der Waals surface area (Å²) in [4.78, 5) is 23.8. The smallest absolute Gasteiger partial charge is 0.239 e. The van der Waals surface area contributed by atoms with Crippen LogP contribution in [0.2, 0.25) is 0 Å². The summed E-state index contributed by atoms with van der Waals surface area (Å²) in [6, 6.07) is 0.112. The maximum absolute atomic E-state index is 12.7. The number of amides is 1. The van der Waals surface area contributed by atoms with Crippen LogP contribution in [-0.4, -0.2) is 76.0 Å². The number of carbonyl (C=O) groups excluding carboxylic acids is 1. The molecule has 0 unspecified atom stereocenters. The molecule has 1 atom stereocenters. The molecule has 1 aromatic rings. The van der Waals surface area contributed by atoms with Gasteiger partial charge >= 0.3 is 0 Å². The van der Waals surface area contributed by atoms with E-state index in [-0.39, 0.29) is 6.04 Å². The molecule has 2 saturated heterocycles. The van der Waals surface area contributed by atoms with Gasteiger partial charge in [-0.3, -0.25) is 14.6 Å². The molecular weight excluding hydrogens is 278 g/mol. The predicted octanol–water partition coefficient (Wildman–Crippen LogP) is 0.549. The number of hydrogen-bond donors (Lipinski definition) is 0. The van der Waals surface area contributed by atoms with Crippen LogP contribution in [-0.2, 0) is 18.4 Å². The van der Waals surface area contributed by atoms with Gasteiger partial charge in [0.1, 0.15) is 5.82 Å². The number of hydrogen-bond acceptors (Lipinski definition) is 4. The Balaban J connectivity index is 1.55. The second-order valence-electron chi connectivity index (χ2n) is 6.55. The molecule has 3 rings (SSSR count). The van der Waals surface area contributed by atoms with E-state index in [1.54, 1.807) is 0 Å². The van der Waals surface area contributed by atoms with E-state index in [1.807, 2.05) is 19.4 Å². The van der Waals surface area contributed by atoms with Crippen LogP contribution >= 0.6 is 0 Å². The Morgan fingerprint density at radius 2 is 2.05 bits per heavy atom. The van der Waals surface area contributed by atoms with Gasteiger partial charge in [0, 0.05) is 45.6 Å². The van der Waals surface area contributed by atoms with Gasteiger partial charge < -0.3 is 9.47 Å². The first-order chi connectivity index (χ1) is 10.6. The van der Waals surface area contributed by atoms with Gasteiger partial charge in [-0.15, -0.1) is 0 Å². The van der Waals surface area contributed by atoms with Crippen LogP contribution in [0.4, 0.5) is 0 Å². The molecule has 22 heavy (non-hydrogen) atoms. The number of carbonyl (C=O) groups is 1. The summed E-state index contributed by atoms with van der Waals surface area (Å²) in [7, 11) is 4.10. The predicted molar refractivity (Wildman–Crippen MR) is 85.3 cm³/mol. The number of likely N-dealkylation sites (N-methyl/N-ethyl adjacent to an activating group) is 1. The minimum Gasteiger partial charge on any atom is -0.340 e. The summed E-state index contributed by atoms with van der Waals surface area (Å²) in [6.07, 6.45) is 7.04. The summed E-state index contributed by atoms with van der Waals surface area (Å²) in [5, 5.41) is 0. The Morgan fingerprint density at radius 1 is 1.18 bits per heavy atom. The molecule has 0 radical (unpaired) electrons. The van der Waals surface area contributed by atoms with Crippen molar-refractivity contribution < 1.29 is 4.79 Å². The molecule has 122 valence electrons. The van der Waals surface area contributed by atoms with E-state index in [1.165, 1.54) is 0 Å². The van der Waals surface area contributed by atoms with Gasteiger partial charge in [-0.1, -0.05) is 0 Å². The molecule has 2 aliphatic rings. The highest BCUT2D eigenvalue weighted by molar-refractivity contribution is 5.82. The van der Waals surface area contributed by atoms with E-state index < -0.39 is 0 Å². The van der Waals surface area contributed by atoms with Crippen molar-refractivity contribution in [3.63, 3.8) is 0 Å². The molecule has 6 heteroatoms. The largest absolute Gasteiger partial charge is 0.340 e. The van der Waals surface area contributed by atoms with Crippen molar-refractivity contribution in [2.24, 2.45) is 7.05 Å². The first-order valence-corrected chi connectivity index (χ1v) is 8.33. The lowest BCUT2D eigenvalue weighted by Crippen LogP contribution is -2.45. The van der Waals surface area contributed by atoms with Crippen molar-refractivity contribution in [2.45, 2.75) is 31.8 Å². The number of rotatable bonds is 3. The van der Waals surface area contributed by atoms with Crippen LogP contribution in [0.3, 0.4) is 0 Å². The molecule has 0 aromatic carbocycles. The monoisotopic (exact) mass is 305 g/mol. The Bertz CT molecular complexity index is 514. The van der Waals surface area contributed by atoms with Crippen molar-refractivity contribution in [3.05, 3.63) is 18.2 Å². The third-order valence-electron chi connectivity index (χ3n) is 4.99. The summed E-state index contributed by atoms with van der Waals surface area (Å²) in [5.74, 6) is 1.43. The van der Waals surface area contributed by atoms with E-state index in [0.29, 0.717) is 5.91 Å². The lowest BCUT2D eigenvalue weighted by molar-refractivity contribution is -0.135. The molecule has 2 fully saturated rings. The van der Waals surface area contributed by atoms with Gasteiger partial charge in [0.05, 0.1) is 12.6 Å². The van der Waals surface area contributed by atoms with E-state index in [2.05, 4.69) is 31.3 Å². The molecule has 0 N–H and O–H groups in total. The van der Waals surface area contributed by atoms with E-state index in [4.69, 9.17) is 0 Å². The lowest BCUT2D eigenvalue weighted by Gasteiger charge is -2.27. The second-order valence-corrected chi connectivity index (χ2v) is 6.55. The Kier molecular flexibility index (Phi) is 4.78. The van der Waals surface area contributed by atoms with Crippen molar-refractivity contribution in [3.8, 4) is 0 Å². The molecule has 6 nitrogen and oxygen atoms in total. The third-order valence-corrected chi connectivity index (χ3v) is 4.99. The molecular formula is C16H27N5O. The zero-order valence-electron chi connectivity index (χ0n) is 13.7. The van der Waals surface area contributed by atoms with Crippen molar-refractivity contribution >= 4 is 5.91 Å². The summed E-state index contributed by atoms with van der Waals surface area (Å²) in [6.45, 7) is 5.63. The topological polar surface area (TPSA) is 44.6 Å². The summed E-state index contributed by atoms with van der Waals surface area (Å²) in [5.41, 5.74) is 0. The third kappa shape index (κ3) is 3.33. The zero-order valence-corrected chi connectivity index (χ0v) is 13.7. The normalized spacial score (nSPS) is 24.6. The average Bonchev–Trinajstić information content (AvgIpc) is 3.02. The van der Waals surface area contributed by atoms with Crippen molar-refractivity contribution in [1.29, 1.82) is 0 Å². The SMILES string of the molecule is CN1CCC[C@@H]1C(=O)N1CCCN(Cc2nccn2C)CC1. The minimum absolute atomic E-state index is 0.112. The Morgan fingerprint density at radius 3 is 2.73 bits per heavy atom. The minimum atomic E-state index is 0.112. The van der Waals surface area contributed by atoms with Crippen LogP contribution in [0, 0.1) is 0 Å². The molecule has 1 amide bonds. The first-order valence-electron chi connectivity index (χ1n) is 8.33. The van der Waals surface area contributed by atoms with Crippen molar-refractivity contribution in [1.82, 2.24) is 24.3 Å². The molecule has 2 aliphatic heterocycles. The van der Waals surface area contributed by atoms with E-state index in [9.17, 15) is 4.79 Å². The highest BCUT2D eigenvalue weighted by Crippen LogP contribution is 2.18. The number of likely N-dealkylation sites (tertiary alicyclic amines) is 1. The standard InChI is InChI=1S/C16H27N5O/c1-18-7-3-5-14(18)16(22)21-9-4-8-20(11-12-21)13-15-17-6-10-19(15)2/h6,10,14H,3-5,7-9,11-13H2,1-2H3/t14-/m1/s1. The van der Waals surface area contributed by atoms with Crippen LogP contribution < -0.4 is 0 Å². The summed E-state index contributed by atoms with van der Waals surface area (Å²) < 4.78 is 2.07. The molecule has 0 bridgehead atoms. The quantitative estimate of drug-likeness (QED) is 0.818. The number of aryl methyl sites for hydroxylation is 1. The van der Waals surface area contributed by atoms with Crippen LogP contribution in [0.15, 0.2) is 12.4 Å². The Hall–Kier alpha value is -1.40. The Labute approximate surface area is 132 Å². The number of imidazole rings is 1. The lowest BCUT2D eigenvalue weighted by atomic mass is 10.2. The summed E-state index contributed by atoms with van der Waals surface area (Å²) >= 11 is 0. The first kappa shape index (κ1) is 15.5. The van der Waals surface area contributed by atoms with Gasteiger partial charge in [-0.2, -0.15) is 0 Å². The van der Waals surface area contributed by atoms with Crippen LogP contribution in [0.1, 0.15) is 25.1 Å². The maximum atomic E-state index is 12.7. The molecule has 3 heterocycles. The molecule has 1 aromatic heterocycles. The molecule has 0 saturated carbocycles. The maximum Gasteiger partial charge on any atom is 0.239 e. The van der Waals surface area contributed by atoms with Gasteiger partial charge in [-0.25, -0.2) is 4.98 Å². The fourth-order valence-electron chi connectivity index (χ4n) is 3.53. The highest BCUT2D eigenvalue weighted by Gasteiger charge is 2.32.